The van der Waals surface area contributed by atoms with Gasteiger partial charge in [-0.1, -0.05) is 110 Å². The third-order valence-corrected chi connectivity index (χ3v) is 8.24. The molecule has 0 bridgehead atoms. The van der Waals surface area contributed by atoms with Crippen LogP contribution in [0.2, 0.25) is 0 Å². The molecule has 3 nitrogen and oxygen atoms in total. The van der Waals surface area contributed by atoms with Crippen molar-refractivity contribution in [2.75, 3.05) is 0 Å². The Balaban J connectivity index is 1.20. The van der Waals surface area contributed by atoms with Gasteiger partial charge in [-0.2, -0.15) is 5.11 Å². The zero-order valence-electron chi connectivity index (χ0n) is 20.1. The molecule has 1 aliphatic heterocycles. The Morgan fingerprint density at radius 2 is 1.65 bits per heavy atom. The first kappa shape index (κ1) is 23.7. The molecule has 0 fully saturated rings. The predicted molar refractivity (Wildman–Crippen MR) is 157 cm³/mol. The number of fused-ring (bicyclic) bond motifs is 4. The molecule has 0 spiro atoms. The van der Waals surface area contributed by atoms with Crippen molar-refractivity contribution in [3.05, 3.63) is 133 Å². The lowest BCUT2D eigenvalue weighted by Crippen LogP contribution is -2.06. The van der Waals surface area contributed by atoms with Crippen LogP contribution in [0.3, 0.4) is 0 Å². The van der Waals surface area contributed by atoms with Gasteiger partial charge in [-0.25, -0.2) is 4.99 Å². The van der Waals surface area contributed by atoms with Gasteiger partial charge in [0.05, 0.1) is 12.2 Å². The molecule has 0 saturated heterocycles. The minimum absolute atomic E-state index is 0.0679. The fourth-order valence-electron chi connectivity index (χ4n) is 4.98. The Morgan fingerprint density at radius 3 is 2.51 bits per heavy atom. The highest BCUT2D eigenvalue weighted by Crippen LogP contribution is 2.48. The molecule has 180 valence electrons. The van der Waals surface area contributed by atoms with Crippen LogP contribution in [0.4, 0.5) is 0 Å². The fourth-order valence-corrected chi connectivity index (χ4v) is 6.46. The van der Waals surface area contributed by atoms with Crippen molar-refractivity contribution in [3.63, 3.8) is 0 Å². The van der Waals surface area contributed by atoms with Gasteiger partial charge in [0, 0.05) is 21.6 Å². The molecule has 4 aromatic rings. The van der Waals surface area contributed by atoms with Crippen LogP contribution in [-0.2, 0) is 6.54 Å². The Bertz CT molecular complexity index is 1620. The molecule has 0 N–H and O–H groups in total. The van der Waals surface area contributed by atoms with Gasteiger partial charge >= 0.3 is 0 Å². The second-order valence-corrected chi connectivity index (χ2v) is 10.6. The van der Waals surface area contributed by atoms with Crippen molar-refractivity contribution < 1.29 is 0 Å². The van der Waals surface area contributed by atoms with Crippen molar-refractivity contribution in [2.24, 2.45) is 15.2 Å². The highest BCUT2D eigenvalue weighted by molar-refractivity contribution is 8.00. The maximum Gasteiger partial charge on any atom is 0.243 e. The molecule has 4 aromatic carbocycles. The topological polar surface area (TPSA) is 37.1 Å². The van der Waals surface area contributed by atoms with E-state index in [-0.39, 0.29) is 5.29 Å². The van der Waals surface area contributed by atoms with E-state index in [2.05, 4.69) is 107 Å². The Hall–Kier alpha value is -3.73. The molecule has 0 amide bonds. The average molecular weight is 518 g/mol. The van der Waals surface area contributed by atoms with E-state index in [1.807, 2.05) is 36.0 Å². The standard InChI is InChI=1S/C32H24ClN3S/c1-21(24-16-17-25(23-9-3-2-4-10-23)27-12-6-5-11-26(24)27)35-32(33)36-34-20-22-15-18-31-29(19-22)28-13-7-8-14-30(28)37-31/h2-19,28,30H,1,20H2/b35-32-,36-34+. The zero-order valence-corrected chi connectivity index (χ0v) is 21.7. The molecule has 5 heteroatoms. The van der Waals surface area contributed by atoms with E-state index in [1.165, 1.54) is 21.6 Å². The molecule has 0 radical (unpaired) electrons. The van der Waals surface area contributed by atoms with Gasteiger partial charge < -0.3 is 0 Å². The van der Waals surface area contributed by atoms with Crippen LogP contribution < -0.4 is 0 Å². The lowest BCUT2D eigenvalue weighted by molar-refractivity contribution is 0.871. The molecule has 2 unspecified atom stereocenters. The normalized spacial score (nSPS) is 18.4. The summed E-state index contributed by atoms with van der Waals surface area (Å²) in [6.45, 7) is 4.62. The number of aliphatic imine (C=N–C) groups is 1. The van der Waals surface area contributed by atoms with Crippen molar-refractivity contribution in [1.29, 1.82) is 0 Å². The highest BCUT2D eigenvalue weighted by Gasteiger charge is 2.30. The Kier molecular flexibility index (Phi) is 6.60. The first-order valence-electron chi connectivity index (χ1n) is 12.2. The summed E-state index contributed by atoms with van der Waals surface area (Å²) >= 11 is 8.28. The first-order valence-corrected chi connectivity index (χ1v) is 13.5. The van der Waals surface area contributed by atoms with Crippen molar-refractivity contribution >= 4 is 45.1 Å². The maximum atomic E-state index is 6.36. The third kappa shape index (κ3) is 4.83. The van der Waals surface area contributed by atoms with Crippen molar-refractivity contribution in [1.82, 2.24) is 0 Å². The number of hydrogen-bond acceptors (Lipinski definition) is 3. The molecule has 6 rings (SSSR count). The summed E-state index contributed by atoms with van der Waals surface area (Å²) in [6.07, 6.45) is 8.81. The van der Waals surface area contributed by atoms with Crippen molar-refractivity contribution in [2.45, 2.75) is 22.6 Å². The van der Waals surface area contributed by atoms with Crippen LogP contribution >= 0.6 is 23.4 Å². The van der Waals surface area contributed by atoms with E-state index in [1.54, 1.807) is 0 Å². The van der Waals surface area contributed by atoms with E-state index in [4.69, 9.17) is 11.6 Å². The van der Waals surface area contributed by atoms with Crippen LogP contribution in [-0.4, -0.2) is 10.5 Å². The van der Waals surface area contributed by atoms with Gasteiger partial charge in [0.25, 0.3) is 0 Å². The number of halogens is 1. The molecule has 1 heterocycles. The smallest absolute Gasteiger partial charge is 0.217 e. The minimum atomic E-state index is 0.0679. The second kappa shape index (κ2) is 10.3. The van der Waals surface area contributed by atoms with Gasteiger partial charge in [-0.3, -0.25) is 0 Å². The highest BCUT2D eigenvalue weighted by atomic mass is 35.5. The predicted octanol–water partition coefficient (Wildman–Crippen LogP) is 9.41. The lowest BCUT2D eigenvalue weighted by atomic mass is 9.91. The quantitative estimate of drug-likeness (QED) is 0.112. The number of hydrogen-bond donors (Lipinski definition) is 0. The fraction of sp³-hybridized carbons (Fsp3) is 0.0938. The van der Waals surface area contributed by atoms with E-state index in [0.29, 0.717) is 23.4 Å². The summed E-state index contributed by atoms with van der Waals surface area (Å²) in [4.78, 5) is 5.79. The number of amidine groups is 1. The van der Waals surface area contributed by atoms with Gasteiger partial charge in [-0.15, -0.1) is 16.9 Å². The van der Waals surface area contributed by atoms with Gasteiger partial charge in [0.15, 0.2) is 0 Å². The third-order valence-electron chi connectivity index (χ3n) is 6.73. The summed E-state index contributed by atoms with van der Waals surface area (Å²) in [5.41, 5.74) is 6.28. The van der Waals surface area contributed by atoms with Crippen molar-refractivity contribution in [3.8, 4) is 11.1 Å². The molecule has 2 aliphatic rings. The molecule has 1 aliphatic carbocycles. The van der Waals surface area contributed by atoms with Gasteiger partial charge in [0.1, 0.15) is 0 Å². The van der Waals surface area contributed by atoms with Gasteiger partial charge in [-0.05, 0) is 50.7 Å². The van der Waals surface area contributed by atoms with E-state index < -0.39 is 0 Å². The molecular formula is C32H24ClN3S. The molecular weight excluding hydrogens is 494 g/mol. The van der Waals surface area contributed by atoms with Crippen LogP contribution in [0.1, 0.15) is 22.6 Å². The Labute approximate surface area is 226 Å². The first-order chi connectivity index (χ1) is 18.2. The average Bonchev–Trinajstić information content (AvgIpc) is 3.31. The zero-order chi connectivity index (χ0) is 25.2. The summed E-state index contributed by atoms with van der Waals surface area (Å²) in [6, 6.07) is 29.3. The lowest BCUT2D eigenvalue weighted by Gasteiger charge is -2.14. The molecule has 0 saturated carbocycles. The molecule has 37 heavy (non-hydrogen) atoms. The Morgan fingerprint density at radius 1 is 0.865 bits per heavy atom. The SMILES string of the molecule is C=C(/N=C(Cl)\N=N\Cc1ccc2c(c1)C1C=CC=CC1S2)c1ccc(-c2ccccc2)c2ccccc12. The monoisotopic (exact) mass is 517 g/mol. The van der Waals surface area contributed by atoms with Gasteiger partial charge in [0.2, 0.25) is 5.29 Å². The van der Waals surface area contributed by atoms with Crippen LogP contribution in [0.25, 0.3) is 27.6 Å². The summed E-state index contributed by atoms with van der Waals surface area (Å²) < 4.78 is 0. The number of benzene rings is 4. The molecule has 2 atom stereocenters. The number of rotatable bonds is 5. The number of thioether (sulfide) groups is 1. The van der Waals surface area contributed by atoms with Crippen LogP contribution in [0.5, 0.6) is 0 Å². The van der Waals surface area contributed by atoms with E-state index in [0.717, 1.165) is 21.9 Å². The number of azo groups is 1. The summed E-state index contributed by atoms with van der Waals surface area (Å²) in [5, 5.41) is 11.2. The summed E-state index contributed by atoms with van der Waals surface area (Å²) in [7, 11) is 0. The largest absolute Gasteiger partial charge is 0.243 e. The maximum absolute atomic E-state index is 6.36. The van der Waals surface area contributed by atoms with E-state index in [9.17, 15) is 0 Å². The van der Waals surface area contributed by atoms with E-state index >= 15 is 0 Å². The minimum Gasteiger partial charge on any atom is -0.217 e. The number of nitrogens with zero attached hydrogens (tertiary/aromatic N) is 3. The molecule has 0 aromatic heterocycles. The van der Waals surface area contributed by atoms with Crippen LogP contribution in [0.15, 0.2) is 136 Å². The summed E-state index contributed by atoms with van der Waals surface area (Å²) in [5.74, 6) is 0.429. The number of allylic oxidation sites excluding steroid dienone is 3. The second-order valence-electron chi connectivity index (χ2n) is 9.05. The van der Waals surface area contributed by atoms with Crippen LogP contribution in [0, 0.1) is 0 Å².